The van der Waals surface area contributed by atoms with E-state index in [0.29, 0.717) is 29.5 Å². The van der Waals surface area contributed by atoms with E-state index in [4.69, 9.17) is 8.94 Å². The monoisotopic (exact) mass is 376 g/mol. The average molecular weight is 376 g/mol. The number of hydrogen-bond acceptors (Lipinski definition) is 7. The fourth-order valence-corrected chi connectivity index (χ4v) is 3.81. The van der Waals surface area contributed by atoms with E-state index in [-0.39, 0.29) is 10.8 Å². The SMILES string of the molecule is Cc1ncc(Cc2noc(-c3cccc(S(=O)(=O)NC(C)(C)C)c3)n2)o1. The zero-order chi connectivity index (χ0) is 18.9. The molecule has 1 aromatic carbocycles. The van der Waals surface area contributed by atoms with Crippen LogP contribution in [-0.4, -0.2) is 29.1 Å². The van der Waals surface area contributed by atoms with Crippen molar-refractivity contribution in [2.24, 2.45) is 0 Å². The molecule has 0 saturated carbocycles. The molecule has 2 aromatic heterocycles. The highest BCUT2D eigenvalue weighted by molar-refractivity contribution is 7.89. The number of oxazole rings is 1. The van der Waals surface area contributed by atoms with Gasteiger partial charge in [-0.2, -0.15) is 4.98 Å². The van der Waals surface area contributed by atoms with Crippen molar-refractivity contribution in [1.82, 2.24) is 19.8 Å². The first-order valence-corrected chi connectivity index (χ1v) is 9.49. The average Bonchev–Trinajstić information content (AvgIpc) is 3.15. The Labute approximate surface area is 151 Å². The van der Waals surface area contributed by atoms with E-state index in [0.717, 1.165) is 0 Å². The normalized spacial score (nSPS) is 12.5. The van der Waals surface area contributed by atoms with Gasteiger partial charge in [0.2, 0.25) is 10.0 Å². The van der Waals surface area contributed by atoms with E-state index in [1.54, 1.807) is 46.0 Å². The summed E-state index contributed by atoms with van der Waals surface area (Å²) in [6.45, 7) is 7.10. The Morgan fingerprint density at radius 2 is 2.00 bits per heavy atom. The number of sulfonamides is 1. The fourth-order valence-electron chi connectivity index (χ4n) is 2.34. The van der Waals surface area contributed by atoms with E-state index >= 15 is 0 Å². The maximum absolute atomic E-state index is 12.5. The largest absolute Gasteiger partial charge is 0.446 e. The van der Waals surface area contributed by atoms with E-state index in [1.165, 1.54) is 12.1 Å². The van der Waals surface area contributed by atoms with Crippen LogP contribution in [0.3, 0.4) is 0 Å². The number of aromatic nitrogens is 3. The van der Waals surface area contributed by atoms with Gasteiger partial charge < -0.3 is 8.94 Å². The van der Waals surface area contributed by atoms with Gasteiger partial charge >= 0.3 is 0 Å². The van der Waals surface area contributed by atoms with Crippen LogP contribution in [-0.2, 0) is 16.4 Å². The van der Waals surface area contributed by atoms with E-state index in [2.05, 4.69) is 19.8 Å². The highest BCUT2D eigenvalue weighted by Crippen LogP contribution is 2.22. The summed E-state index contributed by atoms with van der Waals surface area (Å²) in [7, 11) is -3.65. The molecule has 0 radical (unpaired) electrons. The summed E-state index contributed by atoms with van der Waals surface area (Å²) < 4.78 is 38.2. The summed E-state index contributed by atoms with van der Waals surface area (Å²) in [6.07, 6.45) is 1.95. The predicted molar refractivity (Wildman–Crippen MR) is 93.9 cm³/mol. The lowest BCUT2D eigenvalue weighted by Gasteiger charge is -2.20. The first-order valence-electron chi connectivity index (χ1n) is 8.01. The van der Waals surface area contributed by atoms with Crippen molar-refractivity contribution in [3.05, 3.63) is 47.9 Å². The molecule has 0 fully saturated rings. The molecule has 0 bridgehead atoms. The Morgan fingerprint density at radius 3 is 2.65 bits per heavy atom. The molecule has 1 N–H and O–H groups in total. The first-order chi connectivity index (χ1) is 12.1. The molecule has 0 aliphatic rings. The van der Waals surface area contributed by atoms with Gasteiger partial charge in [-0.25, -0.2) is 18.1 Å². The summed E-state index contributed by atoms with van der Waals surface area (Å²) in [6, 6.07) is 6.37. The second-order valence-electron chi connectivity index (χ2n) is 6.92. The molecule has 3 aromatic rings. The Kier molecular flexibility index (Phi) is 4.68. The molecule has 9 heteroatoms. The smallest absolute Gasteiger partial charge is 0.257 e. The summed E-state index contributed by atoms with van der Waals surface area (Å²) in [5, 5.41) is 3.91. The zero-order valence-corrected chi connectivity index (χ0v) is 15.8. The van der Waals surface area contributed by atoms with Gasteiger partial charge in [-0.3, -0.25) is 0 Å². The lowest BCUT2D eigenvalue weighted by Crippen LogP contribution is -2.40. The second-order valence-corrected chi connectivity index (χ2v) is 8.60. The van der Waals surface area contributed by atoms with Crippen molar-refractivity contribution in [2.45, 2.75) is 44.6 Å². The number of nitrogens with one attached hydrogen (secondary N) is 1. The van der Waals surface area contributed by atoms with Crippen molar-refractivity contribution in [3.8, 4) is 11.5 Å². The molecule has 138 valence electrons. The minimum Gasteiger partial charge on any atom is -0.446 e. The minimum absolute atomic E-state index is 0.135. The van der Waals surface area contributed by atoms with Crippen molar-refractivity contribution in [2.75, 3.05) is 0 Å². The highest BCUT2D eigenvalue weighted by atomic mass is 32.2. The van der Waals surface area contributed by atoms with Crippen LogP contribution in [0.5, 0.6) is 0 Å². The van der Waals surface area contributed by atoms with E-state index < -0.39 is 15.6 Å². The number of nitrogens with zero attached hydrogens (tertiary/aromatic N) is 3. The van der Waals surface area contributed by atoms with Gasteiger partial charge in [-0.1, -0.05) is 11.2 Å². The Hall–Kier alpha value is -2.52. The van der Waals surface area contributed by atoms with Crippen LogP contribution in [0.25, 0.3) is 11.5 Å². The first kappa shape index (κ1) is 18.3. The molecule has 0 aliphatic carbocycles. The van der Waals surface area contributed by atoms with Gasteiger partial charge in [0.25, 0.3) is 5.89 Å². The summed E-state index contributed by atoms with van der Waals surface area (Å²) >= 11 is 0. The standard InChI is InChI=1S/C17H20N4O4S/c1-11-18-10-13(24-11)9-15-19-16(25-20-15)12-6-5-7-14(8-12)26(22,23)21-17(2,3)4/h5-8,10,21H,9H2,1-4H3. The van der Waals surface area contributed by atoms with Crippen molar-refractivity contribution < 1.29 is 17.4 Å². The molecule has 0 amide bonds. The fraction of sp³-hybridized carbons (Fsp3) is 0.353. The van der Waals surface area contributed by atoms with E-state index in [9.17, 15) is 8.42 Å². The molecule has 0 aliphatic heterocycles. The van der Waals surface area contributed by atoms with Gasteiger partial charge in [-0.05, 0) is 39.0 Å². The van der Waals surface area contributed by atoms with Crippen molar-refractivity contribution >= 4 is 10.0 Å². The quantitative estimate of drug-likeness (QED) is 0.728. The molecule has 3 rings (SSSR count). The zero-order valence-electron chi connectivity index (χ0n) is 15.0. The van der Waals surface area contributed by atoms with Crippen LogP contribution in [0.15, 0.2) is 44.3 Å². The van der Waals surface area contributed by atoms with Crippen LogP contribution in [0.2, 0.25) is 0 Å². The minimum atomic E-state index is -3.65. The molecular weight excluding hydrogens is 356 g/mol. The molecule has 26 heavy (non-hydrogen) atoms. The predicted octanol–water partition coefficient (Wildman–Crippen LogP) is 2.70. The summed E-state index contributed by atoms with van der Waals surface area (Å²) in [4.78, 5) is 8.46. The van der Waals surface area contributed by atoms with Crippen LogP contribution >= 0.6 is 0 Å². The van der Waals surface area contributed by atoms with Crippen LogP contribution < -0.4 is 4.72 Å². The molecule has 0 atom stereocenters. The lowest BCUT2D eigenvalue weighted by molar-refractivity contribution is 0.419. The molecule has 0 unspecified atom stereocenters. The van der Waals surface area contributed by atoms with Crippen molar-refractivity contribution in [3.63, 3.8) is 0 Å². The molecule has 0 spiro atoms. The third-order valence-electron chi connectivity index (χ3n) is 3.30. The maximum atomic E-state index is 12.5. The van der Waals surface area contributed by atoms with Crippen LogP contribution in [0, 0.1) is 6.92 Å². The highest BCUT2D eigenvalue weighted by Gasteiger charge is 2.23. The van der Waals surface area contributed by atoms with E-state index in [1.807, 2.05) is 0 Å². The van der Waals surface area contributed by atoms with Crippen LogP contribution in [0.1, 0.15) is 38.2 Å². The number of aryl methyl sites for hydroxylation is 1. The van der Waals surface area contributed by atoms with Gasteiger partial charge in [0.05, 0.1) is 17.5 Å². The van der Waals surface area contributed by atoms with Crippen LogP contribution in [0.4, 0.5) is 0 Å². The third kappa shape index (κ3) is 4.36. The second kappa shape index (κ2) is 6.65. The number of rotatable bonds is 5. The summed E-state index contributed by atoms with van der Waals surface area (Å²) in [5.41, 5.74) is -0.0592. The van der Waals surface area contributed by atoms with Gasteiger partial charge in [0.15, 0.2) is 11.7 Å². The summed E-state index contributed by atoms with van der Waals surface area (Å²) in [5.74, 6) is 1.86. The molecule has 8 nitrogen and oxygen atoms in total. The Balaban J connectivity index is 1.85. The lowest BCUT2D eigenvalue weighted by atomic mass is 10.1. The Morgan fingerprint density at radius 1 is 1.23 bits per heavy atom. The van der Waals surface area contributed by atoms with Gasteiger partial charge in [0, 0.05) is 18.0 Å². The Bertz CT molecular complexity index is 1020. The third-order valence-corrected chi connectivity index (χ3v) is 5.06. The molecule has 2 heterocycles. The number of hydrogen-bond donors (Lipinski definition) is 1. The molecule has 0 saturated heterocycles. The topological polar surface area (TPSA) is 111 Å². The van der Waals surface area contributed by atoms with Gasteiger partial charge in [-0.15, -0.1) is 0 Å². The van der Waals surface area contributed by atoms with Crippen molar-refractivity contribution in [1.29, 1.82) is 0 Å². The molecular formula is C17H20N4O4S. The van der Waals surface area contributed by atoms with Gasteiger partial charge in [0.1, 0.15) is 5.76 Å². The maximum Gasteiger partial charge on any atom is 0.257 e. The number of benzene rings is 1.